The highest BCUT2D eigenvalue weighted by Gasteiger charge is 2.23. The molecule has 0 aliphatic carbocycles. The van der Waals surface area contributed by atoms with Gasteiger partial charge >= 0.3 is 0 Å². The summed E-state index contributed by atoms with van der Waals surface area (Å²) < 4.78 is 5.50. The number of nitrogens with one attached hydrogen (secondary N) is 1. The van der Waals surface area contributed by atoms with Crippen molar-refractivity contribution in [3.63, 3.8) is 0 Å². The van der Waals surface area contributed by atoms with Crippen LogP contribution >= 0.6 is 0 Å². The van der Waals surface area contributed by atoms with Gasteiger partial charge in [0.05, 0.1) is 13.2 Å². The Morgan fingerprint density at radius 1 is 1.31 bits per heavy atom. The molecule has 0 spiro atoms. The average Bonchev–Trinajstić information content (AvgIpc) is 2.31. The lowest BCUT2D eigenvalue weighted by Crippen LogP contribution is -2.51. The quantitative estimate of drug-likeness (QED) is 0.734. The lowest BCUT2D eigenvalue weighted by Gasteiger charge is -2.38. The molecular weight excluding hydrogens is 202 g/mol. The molecular formula is C12H25N3O. The van der Waals surface area contributed by atoms with Crippen LogP contribution in [0.15, 0.2) is 0 Å². The number of ether oxygens (including phenoxy) is 1. The number of morpholine rings is 1. The van der Waals surface area contributed by atoms with Crippen molar-refractivity contribution in [1.29, 1.82) is 0 Å². The molecule has 2 aliphatic heterocycles. The molecule has 1 N–H and O–H groups in total. The molecule has 0 aromatic carbocycles. The summed E-state index contributed by atoms with van der Waals surface area (Å²) in [6.45, 7) is 9.97. The first-order valence-electron chi connectivity index (χ1n) is 6.49. The van der Waals surface area contributed by atoms with Gasteiger partial charge in [-0.1, -0.05) is 0 Å². The zero-order valence-corrected chi connectivity index (χ0v) is 10.6. The van der Waals surface area contributed by atoms with Crippen molar-refractivity contribution in [2.75, 3.05) is 53.0 Å². The standard InChI is InChI=1S/C12H25N3O/c1-11(9-12-10-16-8-3-13-12)15-6-4-14(2)5-7-15/h11-13H,3-10H2,1-2H3. The first-order chi connectivity index (χ1) is 7.75. The summed E-state index contributed by atoms with van der Waals surface area (Å²) in [6.07, 6.45) is 1.21. The van der Waals surface area contributed by atoms with Gasteiger partial charge in [-0.3, -0.25) is 4.90 Å². The third-order valence-electron chi connectivity index (χ3n) is 3.79. The molecule has 0 aromatic heterocycles. The monoisotopic (exact) mass is 227 g/mol. The minimum Gasteiger partial charge on any atom is -0.379 e. The Hall–Kier alpha value is -0.160. The van der Waals surface area contributed by atoms with E-state index in [9.17, 15) is 0 Å². The maximum atomic E-state index is 5.50. The van der Waals surface area contributed by atoms with E-state index in [1.165, 1.54) is 32.6 Å². The molecule has 2 atom stereocenters. The van der Waals surface area contributed by atoms with Crippen LogP contribution in [-0.4, -0.2) is 74.9 Å². The van der Waals surface area contributed by atoms with E-state index in [-0.39, 0.29) is 0 Å². The minimum absolute atomic E-state index is 0.559. The highest BCUT2D eigenvalue weighted by molar-refractivity contribution is 4.80. The number of piperazine rings is 1. The fraction of sp³-hybridized carbons (Fsp3) is 1.00. The predicted molar refractivity (Wildman–Crippen MR) is 65.8 cm³/mol. The molecule has 2 saturated heterocycles. The van der Waals surface area contributed by atoms with E-state index in [1.54, 1.807) is 0 Å². The predicted octanol–water partition coefficient (Wildman–Crippen LogP) is 0.000800. The summed E-state index contributed by atoms with van der Waals surface area (Å²) in [5.74, 6) is 0. The highest BCUT2D eigenvalue weighted by Crippen LogP contribution is 2.11. The van der Waals surface area contributed by atoms with Crippen molar-refractivity contribution < 1.29 is 4.74 Å². The van der Waals surface area contributed by atoms with Gasteiger partial charge in [0.25, 0.3) is 0 Å². The van der Waals surface area contributed by atoms with Gasteiger partial charge in [0.2, 0.25) is 0 Å². The van der Waals surface area contributed by atoms with Crippen molar-refractivity contribution >= 4 is 0 Å². The SMILES string of the molecule is CC(CC1COCCN1)N1CCN(C)CC1. The summed E-state index contributed by atoms with van der Waals surface area (Å²) in [4.78, 5) is 5.02. The van der Waals surface area contributed by atoms with Gasteiger partial charge in [-0.05, 0) is 20.4 Å². The van der Waals surface area contributed by atoms with Gasteiger partial charge in [-0.25, -0.2) is 0 Å². The summed E-state index contributed by atoms with van der Waals surface area (Å²) >= 11 is 0. The van der Waals surface area contributed by atoms with Crippen LogP contribution in [-0.2, 0) is 4.74 Å². The van der Waals surface area contributed by atoms with E-state index in [1.807, 2.05) is 0 Å². The molecule has 2 heterocycles. The fourth-order valence-corrected chi connectivity index (χ4v) is 2.59. The van der Waals surface area contributed by atoms with Gasteiger partial charge in [-0.15, -0.1) is 0 Å². The van der Waals surface area contributed by atoms with Gasteiger partial charge in [0.15, 0.2) is 0 Å². The number of likely N-dealkylation sites (N-methyl/N-ethyl adjacent to an activating group) is 1. The second-order valence-corrected chi connectivity index (χ2v) is 5.15. The Balaban J connectivity index is 1.72. The Morgan fingerprint density at radius 2 is 2.06 bits per heavy atom. The van der Waals surface area contributed by atoms with E-state index >= 15 is 0 Å². The summed E-state index contributed by atoms with van der Waals surface area (Å²) in [6, 6.07) is 1.23. The Kier molecular flexibility index (Phi) is 4.58. The lowest BCUT2D eigenvalue weighted by atomic mass is 10.1. The van der Waals surface area contributed by atoms with Crippen LogP contribution in [0.2, 0.25) is 0 Å². The van der Waals surface area contributed by atoms with E-state index < -0.39 is 0 Å². The first kappa shape index (κ1) is 12.3. The van der Waals surface area contributed by atoms with E-state index in [0.29, 0.717) is 12.1 Å². The first-order valence-corrected chi connectivity index (χ1v) is 6.49. The number of nitrogens with zero attached hydrogens (tertiary/aromatic N) is 2. The Labute approximate surface area is 98.9 Å². The molecule has 2 aliphatic rings. The van der Waals surface area contributed by atoms with Crippen molar-refractivity contribution in [2.24, 2.45) is 0 Å². The van der Waals surface area contributed by atoms with Crippen LogP contribution in [0.5, 0.6) is 0 Å². The van der Waals surface area contributed by atoms with E-state index in [4.69, 9.17) is 4.74 Å². The van der Waals surface area contributed by atoms with E-state index in [2.05, 4.69) is 29.1 Å². The summed E-state index contributed by atoms with van der Waals surface area (Å²) in [7, 11) is 2.21. The third kappa shape index (κ3) is 3.42. The zero-order chi connectivity index (χ0) is 11.4. The van der Waals surface area contributed by atoms with Gasteiger partial charge < -0.3 is 15.0 Å². The largest absolute Gasteiger partial charge is 0.379 e. The number of rotatable bonds is 3. The minimum atomic E-state index is 0.559. The van der Waals surface area contributed by atoms with Gasteiger partial charge in [0.1, 0.15) is 0 Å². The Morgan fingerprint density at radius 3 is 2.69 bits per heavy atom. The van der Waals surface area contributed by atoms with Crippen LogP contribution in [0.25, 0.3) is 0 Å². The smallest absolute Gasteiger partial charge is 0.0620 e. The number of hydrogen-bond acceptors (Lipinski definition) is 4. The summed E-state index contributed by atoms with van der Waals surface area (Å²) in [5, 5.41) is 3.54. The molecule has 94 valence electrons. The second kappa shape index (κ2) is 5.96. The fourth-order valence-electron chi connectivity index (χ4n) is 2.59. The number of hydrogen-bond donors (Lipinski definition) is 1. The molecule has 2 unspecified atom stereocenters. The molecule has 0 saturated carbocycles. The topological polar surface area (TPSA) is 27.7 Å². The van der Waals surface area contributed by atoms with Crippen molar-refractivity contribution in [3.05, 3.63) is 0 Å². The van der Waals surface area contributed by atoms with Crippen LogP contribution < -0.4 is 5.32 Å². The molecule has 4 heteroatoms. The Bertz CT molecular complexity index is 198. The van der Waals surface area contributed by atoms with Crippen LogP contribution in [0, 0.1) is 0 Å². The molecule has 0 bridgehead atoms. The van der Waals surface area contributed by atoms with Gasteiger partial charge in [-0.2, -0.15) is 0 Å². The molecule has 0 radical (unpaired) electrons. The maximum absolute atomic E-state index is 5.50. The lowest BCUT2D eigenvalue weighted by molar-refractivity contribution is 0.0537. The van der Waals surface area contributed by atoms with Crippen molar-refractivity contribution in [3.8, 4) is 0 Å². The molecule has 0 amide bonds. The zero-order valence-electron chi connectivity index (χ0n) is 10.6. The maximum Gasteiger partial charge on any atom is 0.0620 e. The molecule has 2 fully saturated rings. The third-order valence-corrected chi connectivity index (χ3v) is 3.79. The molecule has 4 nitrogen and oxygen atoms in total. The average molecular weight is 227 g/mol. The highest BCUT2D eigenvalue weighted by atomic mass is 16.5. The second-order valence-electron chi connectivity index (χ2n) is 5.15. The van der Waals surface area contributed by atoms with Crippen molar-refractivity contribution in [1.82, 2.24) is 15.1 Å². The molecule has 0 aromatic rings. The summed E-state index contributed by atoms with van der Waals surface area (Å²) in [5.41, 5.74) is 0. The van der Waals surface area contributed by atoms with Crippen LogP contribution in [0.3, 0.4) is 0 Å². The van der Waals surface area contributed by atoms with Crippen LogP contribution in [0.4, 0.5) is 0 Å². The van der Waals surface area contributed by atoms with Gasteiger partial charge in [0, 0.05) is 44.8 Å². The van der Waals surface area contributed by atoms with Crippen molar-refractivity contribution in [2.45, 2.75) is 25.4 Å². The van der Waals surface area contributed by atoms with E-state index in [0.717, 1.165) is 19.8 Å². The molecule has 16 heavy (non-hydrogen) atoms. The molecule has 2 rings (SSSR count). The van der Waals surface area contributed by atoms with Crippen LogP contribution in [0.1, 0.15) is 13.3 Å². The normalized spacial score (nSPS) is 31.5.